The van der Waals surface area contributed by atoms with Gasteiger partial charge in [-0.3, -0.25) is 4.79 Å². The van der Waals surface area contributed by atoms with Crippen LogP contribution in [0.1, 0.15) is 48.5 Å². The van der Waals surface area contributed by atoms with Crippen molar-refractivity contribution in [1.29, 1.82) is 0 Å². The van der Waals surface area contributed by atoms with Crippen molar-refractivity contribution in [1.82, 2.24) is 0 Å². The van der Waals surface area contributed by atoms with Crippen LogP contribution in [-0.4, -0.2) is 16.5 Å². The highest BCUT2D eigenvalue weighted by Gasteiger charge is 2.30. The number of Topliss-reactive ketones (excluding diaryl/α,β-unsaturated/α-hetero) is 1. The van der Waals surface area contributed by atoms with Crippen LogP contribution in [0.25, 0.3) is 0 Å². The van der Waals surface area contributed by atoms with E-state index >= 15 is 0 Å². The Balaban J connectivity index is 2.07. The normalized spacial score (nSPS) is 18.6. The molecule has 86 valence electrons. The largest absolute Gasteiger partial charge is 0.390 e. The van der Waals surface area contributed by atoms with Gasteiger partial charge in [0.05, 0.1) is 5.60 Å². The lowest BCUT2D eigenvalue weighted by Crippen LogP contribution is -2.26. The van der Waals surface area contributed by atoms with Crippen LogP contribution in [0.2, 0.25) is 0 Å². The van der Waals surface area contributed by atoms with Gasteiger partial charge >= 0.3 is 0 Å². The molecule has 0 bridgehead atoms. The maximum Gasteiger partial charge on any atom is 0.159 e. The lowest BCUT2D eigenvalue weighted by atomic mass is 9.92. The summed E-state index contributed by atoms with van der Waals surface area (Å²) in [6.07, 6.45) is 4.78. The summed E-state index contributed by atoms with van der Waals surface area (Å²) in [5, 5.41) is 10.3. The number of hydrogen-bond acceptors (Lipinski definition) is 2. The van der Waals surface area contributed by atoms with E-state index in [-0.39, 0.29) is 5.78 Å². The zero-order valence-electron chi connectivity index (χ0n) is 9.70. The van der Waals surface area contributed by atoms with Crippen LogP contribution in [0.5, 0.6) is 0 Å². The van der Waals surface area contributed by atoms with E-state index in [0.717, 1.165) is 36.8 Å². The van der Waals surface area contributed by atoms with Crippen molar-refractivity contribution < 1.29 is 9.90 Å². The van der Waals surface area contributed by atoms with Gasteiger partial charge in [-0.05, 0) is 25.3 Å². The molecule has 1 aliphatic carbocycles. The molecule has 1 aliphatic rings. The Morgan fingerprint density at radius 2 is 1.81 bits per heavy atom. The van der Waals surface area contributed by atoms with Crippen LogP contribution in [0.15, 0.2) is 24.3 Å². The van der Waals surface area contributed by atoms with E-state index in [9.17, 15) is 9.90 Å². The van der Waals surface area contributed by atoms with Gasteiger partial charge in [-0.15, -0.1) is 0 Å². The predicted octanol–water partition coefficient (Wildman–Crippen LogP) is 2.74. The molecule has 2 nitrogen and oxygen atoms in total. The molecule has 0 aliphatic heterocycles. The summed E-state index contributed by atoms with van der Waals surface area (Å²) in [6.45, 7) is 1.57. The molecule has 1 saturated carbocycles. The van der Waals surface area contributed by atoms with Gasteiger partial charge in [-0.25, -0.2) is 0 Å². The van der Waals surface area contributed by atoms with Crippen LogP contribution in [0, 0.1) is 0 Å². The van der Waals surface area contributed by atoms with Gasteiger partial charge in [-0.1, -0.05) is 37.1 Å². The number of hydrogen-bond donors (Lipinski definition) is 1. The molecular weight excluding hydrogens is 200 g/mol. The van der Waals surface area contributed by atoms with Crippen LogP contribution >= 0.6 is 0 Å². The SMILES string of the molecule is CC(=O)c1ccc(CC2(O)CCCC2)cc1. The van der Waals surface area contributed by atoms with E-state index in [2.05, 4.69) is 0 Å². The van der Waals surface area contributed by atoms with Gasteiger partial charge in [-0.2, -0.15) is 0 Å². The summed E-state index contributed by atoms with van der Waals surface area (Å²) in [4.78, 5) is 11.1. The molecule has 0 heterocycles. The Labute approximate surface area is 96.3 Å². The van der Waals surface area contributed by atoms with Crippen LogP contribution in [0.4, 0.5) is 0 Å². The van der Waals surface area contributed by atoms with Crippen molar-refractivity contribution in [3.8, 4) is 0 Å². The molecule has 0 saturated heterocycles. The molecule has 0 atom stereocenters. The molecular formula is C14H18O2. The van der Waals surface area contributed by atoms with Crippen molar-refractivity contribution >= 4 is 5.78 Å². The molecule has 1 aromatic rings. The second kappa shape index (κ2) is 4.38. The van der Waals surface area contributed by atoms with E-state index in [4.69, 9.17) is 0 Å². The summed E-state index contributed by atoms with van der Waals surface area (Å²) in [6, 6.07) is 7.59. The molecule has 16 heavy (non-hydrogen) atoms. The highest BCUT2D eigenvalue weighted by molar-refractivity contribution is 5.93. The maximum atomic E-state index is 11.1. The van der Waals surface area contributed by atoms with E-state index in [1.165, 1.54) is 0 Å². The average molecular weight is 218 g/mol. The number of carbonyl (C=O) groups is 1. The minimum atomic E-state index is -0.502. The first-order valence-electron chi connectivity index (χ1n) is 5.91. The van der Waals surface area contributed by atoms with Gasteiger partial charge in [0, 0.05) is 12.0 Å². The smallest absolute Gasteiger partial charge is 0.159 e. The van der Waals surface area contributed by atoms with Crippen LogP contribution in [0.3, 0.4) is 0 Å². The molecule has 0 unspecified atom stereocenters. The van der Waals surface area contributed by atoms with Gasteiger partial charge in [0.1, 0.15) is 0 Å². The summed E-state index contributed by atoms with van der Waals surface area (Å²) >= 11 is 0. The summed E-state index contributed by atoms with van der Waals surface area (Å²) in [7, 11) is 0. The minimum Gasteiger partial charge on any atom is -0.390 e. The lowest BCUT2D eigenvalue weighted by Gasteiger charge is -2.22. The number of benzene rings is 1. The molecule has 2 rings (SSSR count). The van der Waals surface area contributed by atoms with E-state index in [1.807, 2.05) is 24.3 Å². The fourth-order valence-electron chi connectivity index (χ4n) is 2.45. The topological polar surface area (TPSA) is 37.3 Å². The van der Waals surface area contributed by atoms with Crippen LogP contribution in [-0.2, 0) is 6.42 Å². The third-order valence-corrected chi connectivity index (χ3v) is 3.43. The summed E-state index contributed by atoms with van der Waals surface area (Å²) in [5.74, 6) is 0.0890. The zero-order chi connectivity index (χ0) is 11.6. The second-order valence-corrected chi connectivity index (χ2v) is 4.86. The van der Waals surface area contributed by atoms with Gasteiger partial charge in [0.25, 0.3) is 0 Å². The lowest BCUT2D eigenvalue weighted by molar-refractivity contribution is 0.0482. The van der Waals surface area contributed by atoms with Crippen molar-refractivity contribution in [3.63, 3.8) is 0 Å². The molecule has 0 amide bonds. The molecule has 2 heteroatoms. The number of aliphatic hydroxyl groups is 1. The van der Waals surface area contributed by atoms with Crippen molar-refractivity contribution in [2.45, 2.75) is 44.6 Å². The molecule has 0 radical (unpaired) electrons. The van der Waals surface area contributed by atoms with Crippen molar-refractivity contribution in [2.75, 3.05) is 0 Å². The standard InChI is InChI=1S/C14H18O2/c1-11(15)13-6-4-12(5-7-13)10-14(16)8-2-3-9-14/h4-7,16H,2-3,8-10H2,1H3. The van der Waals surface area contributed by atoms with Crippen molar-refractivity contribution in [3.05, 3.63) is 35.4 Å². The molecule has 0 spiro atoms. The first-order valence-corrected chi connectivity index (χ1v) is 5.91. The van der Waals surface area contributed by atoms with E-state index in [0.29, 0.717) is 6.42 Å². The maximum absolute atomic E-state index is 11.1. The molecule has 1 aromatic carbocycles. The van der Waals surface area contributed by atoms with Crippen LogP contribution < -0.4 is 0 Å². The fraction of sp³-hybridized carbons (Fsp3) is 0.500. The average Bonchev–Trinajstić information content (AvgIpc) is 2.65. The highest BCUT2D eigenvalue weighted by Crippen LogP contribution is 2.32. The number of rotatable bonds is 3. The number of carbonyl (C=O) groups excluding carboxylic acids is 1. The first-order chi connectivity index (χ1) is 7.59. The Bertz CT molecular complexity index is 372. The molecule has 1 N–H and O–H groups in total. The second-order valence-electron chi connectivity index (χ2n) is 4.86. The third-order valence-electron chi connectivity index (χ3n) is 3.43. The van der Waals surface area contributed by atoms with E-state index in [1.54, 1.807) is 6.92 Å². The Morgan fingerprint density at radius 1 is 1.25 bits per heavy atom. The predicted molar refractivity (Wildman–Crippen MR) is 63.6 cm³/mol. The van der Waals surface area contributed by atoms with Gasteiger partial charge in [0.2, 0.25) is 0 Å². The first kappa shape index (κ1) is 11.3. The fourth-order valence-corrected chi connectivity index (χ4v) is 2.45. The minimum absolute atomic E-state index is 0.0890. The highest BCUT2D eigenvalue weighted by atomic mass is 16.3. The Morgan fingerprint density at radius 3 is 2.31 bits per heavy atom. The van der Waals surface area contributed by atoms with Gasteiger partial charge in [0.15, 0.2) is 5.78 Å². The molecule has 1 fully saturated rings. The molecule has 0 aromatic heterocycles. The summed E-state index contributed by atoms with van der Waals surface area (Å²) in [5.41, 5.74) is 1.36. The zero-order valence-corrected chi connectivity index (χ0v) is 9.70. The quantitative estimate of drug-likeness (QED) is 0.792. The van der Waals surface area contributed by atoms with Gasteiger partial charge < -0.3 is 5.11 Å². The Hall–Kier alpha value is -1.15. The third kappa shape index (κ3) is 2.50. The van der Waals surface area contributed by atoms with E-state index < -0.39 is 5.60 Å². The number of ketones is 1. The Kier molecular flexibility index (Phi) is 3.10. The monoisotopic (exact) mass is 218 g/mol. The summed E-state index contributed by atoms with van der Waals surface area (Å²) < 4.78 is 0. The van der Waals surface area contributed by atoms with Crippen molar-refractivity contribution in [2.24, 2.45) is 0 Å².